The van der Waals surface area contributed by atoms with Crippen LogP contribution in [-0.2, 0) is 9.53 Å². The molecule has 1 aliphatic rings. The van der Waals surface area contributed by atoms with Crippen molar-refractivity contribution in [3.63, 3.8) is 0 Å². The Balaban J connectivity index is 2.00. The Kier molecular flexibility index (Phi) is 5.81. The average molecular weight is 304 g/mol. The number of amides is 1. The number of esters is 1. The summed E-state index contributed by atoms with van der Waals surface area (Å²) in [6, 6.07) is 7.46. The molecule has 1 heterocycles. The summed E-state index contributed by atoms with van der Waals surface area (Å²) in [6.07, 6.45) is 2.62. The molecule has 0 spiro atoms. The predicted molar refractivity (Wildman–Crippen MR) is 86.1 cm³/mol. The van der Waals surface area contributed by atoms with Gasteiger partial charge in [0.05, 0.1) is 18.4 Å². The van der Waals surface area contributed by atoms with Crippen LogP contribution in [0.15, 0.2) is 24.3 Å². The summed E-state index contributed by atoms with van der Waals surface area (Å²) in [6.45, 7) is 4.99. The Labute approximate surface area is 131 Å². The number of unbranched alkanes of at least 4 members (excludes halogenated alkanes) is 1. The van der Waals surface area contributed by atoms with Gasteiger partial charge in [-0.1, -0.05) is 25.5 Å². The van der Waals surface area contributed by atoms with Gasteiger partial charge in [-0.3, -0.25) is 4.79 Å². The van der Waals surface area contributed by atoms with Crippen molar-refractivity contribution in [1.29, 1.82) is 0 Å². The van der Waals surface area contributed by atoms with Crippen LogP contribution in [0.4, 0.5) is 5.69 Å². The first kappa shape index (κ1) is 16.3. The van der Waals surface area contributed by atoms with Crippen LogP contribution in [0.1, 0.15) is 36.5 Å². The highest BCUT2D eigenvalue weighted by Gasteiger charge is 2.23. The third-order valence-corrected chi connectivity index (χ3v) is 4.03. The molecular weight excluding hydrogens is 280 g/mol. The number of para-hydroxylation sites is 1. The van der Waals surface area contributed by atoms with Gasteiger partial charge < -0.3 is 14.5 Å². The summed E-state index contributed by atoms with van der Waals surface area (Å²) in [5, 5.41) is 0. The van der Waals surface area contributed by atoms with Gasteiger partial charge in [0.2, 0.25) is 5.91 Å². The van der Waals surface area contributed by atoms with Crippen LogP contribution in [0.2, 0.25) is 0 Å². The number of methoxy groups -OCH3 is 1. The molecule has 0 N–H and O–H groups in total. The van der Waals surface area contributed by atoms with Gasteiger partial charge in [0.15, 0.2) is 0 Å². The Bertz CT molecular complexity index is 522. The molecule has 0 atom stereocenters. The molecule has 2 rings (SSSR count). The lowest BCUT2D eigenvalue weighted by Gasteiger charge is -2.36. The number of anilines is 1. The molecule has 1 fully saturated rings. The molecule has 1 aromatic rings. The van der Waals surface area contributed by atoms with E-state index in [4.69, 9.17) is 4.74 Å². The van der Waals surface area contributed by atoms with Crippen molar-refractivity contribution in [2.75, 3.05) is 38.2 Å². The predicted octanol–water partition coefficient (Wildman–Crippen LogP) is 2.31. The van der Waals surface area contributed by atoms with Crippen molar-refractivity contribution >= 4 is 17.6 Å². The maximum Gasteiger partial charge on any atom is 0.339 e. The third kappa shape index (κ3) is 3.78. The van der Waals surface area contributed by atoms with E-state index in [-0.39, 0.29) is 11.9 Å². The van der Waals surface area contributed by atoms with E-state index in [0.717, 1.165) is 31.6 Å². The van der Waals surface area contributed by atoms with Crippen LogP contribution < -0.4 is 4.90 Å². The second kappa shape index (κ2) is 7.82. The van der Waals surface area contributed by atoms with Crippen LogP contribution in [0, 0.1) is 0 Å². The maximum absolute atomic E-state index is 12.1. The highest BCUT2D eigenvalue weighted by atomic mass is 16.5. The second-order valence-corrected chi connectivity index (χ2v) is 5.48. The summed E-state index contributed by atoms with van der Waals surface area (Å²) in [4.78, 5) is 28.0. The van der Waals surface area contributed by atoms with E-state index < -0.39 is 0 Å². The molecule has 0 bridgehead atoms. The van der Waals surface area contributed by atoms with Gasteiger partial charge in [0, 0.05) is 32.6 Å². The standard InChI is InChI=1S/C17H24N2O3/c1-3-4-9-16(20)19-12-10-18(11-13-19)15-8-6-5-7-14(15)17(21)22-2/h5-8H,3-4,9-13H2,1-2H3. The van der Waals surface area contributed by atoms with Crippen LogP contribution in [0.5, 0.6) is 0 Å². The number of benzene rings is 1. The molecule has 0 saturated carbocycles. The zero-order valence-corrected chi connectivity index (χ0v) is 13.4. The number of hydrogen-bond donors (Lipinski definition) is 0. The molecule has 0 unspecified atom stereocenters. The van der Waals surface area contributed by atoms with Gasteiger partial charge in [0.1, 0.15) is 0 Å². The molecular formula is C17H24N2O3. The normalized spacial score (nSPS) is 14.8. The molecule has 5 heteroatoms. The summed E-state index contributed by atoms with van der Waals surface area (Å²) in [5.74, 6) is -0.0835. The first-order chi connectivity index (χ1) is 10.7. The first-order valence-electron chi connectivity index (χ1n) is 7.87. The topological polar surface area (TPSA) is 49.9 Å². The summed E-state index contributed by atoms with van der Waals surface area (Å²) >= 11 is 0. The van der Waals surface area contributed by atoms with Crippen molar-refractivity contribution in [3.05, 3.63) is 29.8 Å². The minimum Gasteiger partial charge on any atom is -0.465 e. The molecule has 1 saturated heterocycles. The minimum atomic E-state index is -0.322. The Morgan fingerprint density at radius 2 is 1.82 bits per heavy atom. The molecule has 120 valence electrons. The van der Waals surface area contributed by atoms with E-state index in [1.165, 1.54) is 7.11 Å². The number of piperazine rings is 1. The average Bonchev–Trinajstić information content (AvgIpc) is 2.59. The number of rotatable bonds is 5. The Morgan fingerprint density at radius 3 is 2.45 bits per heavy atom. The van der Waals surface area contributed by atoms with Crippen molar-refractivity contribution in [2.45, 2.75) is 26.2 Å². The maximum atomic E-state index is 12.1. The van der Waals surface area contributed by atoms with Gasteiger partial charge in [-0.15, -0.1) is 0 Å². The summed E-state index contributed by atoms with van der Waals surface area (Å²) in [7, 11) is 1.39. The minimum absolute atomic E-state index is 0.239. The zero-order chi connectivity index (χ0) is 15.9. The highest BCUT2D eigenvalue weighted by molar-refractivity contribution is 5.95. The van der Waals surface area contributed by atoms with E-state index in [0.29, 0.717) is 25.1 Å². The van der Waals surface area contributed by atoms with Gasteiger partial charge in [-0.2, -0.15) is 0 Å². The quantitative estimate of drug-likeness (QED) is 0.783. The lowest BCUT2D eigenvalue weighted by Crippen LogP contribution is -2.49. The number of ether oxygens (including phenoxy) is 1. The monoisotopic (exact) mass is 304 g/mol. The fraction of sp³-hybridized carbons (Fsp3) is 0.529. The largest absolute Gasteiger partial charge is 0.465 e. The zero-order valence-electron chi connectivity index (χ0n) is 13.4. The van der Waals surface area contributed by atoms with E-state index in [1.807, 2.05) is 23.1 Å². The van der Waals surface area contributed by atoms with Crippen LogP contribution in [0.3, 0.4) is 0 Å². The van der Waals surface area contributed by atoms with Crippen LogP contribution in [0.25, 0.3) is 0 Å². The lowest BCUT2D eigenvalue weighted by molar-refractivity contribution is -0.131. The number of carbonyl (C=O) groups excluding carboxylic acids is 2. The highest BCUT2D eigenvalue weighted by Crippen LogP contribution is 2.22. The van der Waals surface area contributed by atoms with Crippen molar-refractivity contribution in [3.8, 4) is 0 Å². The summed E-state index contributed by atoms with van der Waals surface area (Å²) in [5.41, 5.74) is 1.46. The molecule has 1 aliphatic heterocycles. The van der Waals surface area contributed by atoms with Gasteiger partial charge in [0.25, 0.3) is 0 Å². The molecule has 22 heavy (non-hydrogen) atoms. The molecule has 5 nitrogen and oxygen atoms in total. The van der Waals surface area contributed by atoms with Gasteiger partial charge >= 0.3 is 5.97 Å². The molecule has 1 amide bonds. The van der Waals surface area contributed by atoms with E-state index in [2.05, 4.69) is 11.8 Å². The van der Waals surface area contributed by atoms with E-state index >= 15 is 0 Å². The fourth-order valence-corrected chi connectivity index (χ4v) is 2.71. The van der Waals surface area contributed by atoms with Crippen LogP contribution >= 0.6 is 0 Å². The molecule has 0 aromatic heterocycles. The van der Waals surface area contributed by atoms with Crippen LogP contribution in [-0.4, -0.2) is 50.1 Å². The van der Waals surface area contributed by atoms with Crippen molar-refractivity contribution in [1.82, 2.24) is 4.90 Å². The smallest absolute Gasteiger partial charge is 0.339 e. The molecule has 0 radical (unpaired) electrons. The number of carbonyl (C=O) groups is 2. The third-order valence-electron chi connectivity index (χ3n) is 4.03. The molecule has 0 aliphatic carbocycles. The Hall–Kier alpha value is -2.04. The number of nitrogens with zero attached hydrogens (tertiary/aromatic N) is 2. The SMILES string of the molecule is CCCCC(=O)N1CCN(c2ccccc2C(=O)OC)CC1. The second-order valence-electron chi connectivity index (χ2n) is 5.48. The van der Waals surface area contributed by atoms with E-state index in [1.54, 1.807) is 6.07 Å². The fourth-order valence-electron chi connectivity index (χ4n) is 2.71. The lowest BCUT2D eigenvalue weighted by atomic mass is 10.1. The molecule has 1 aromatic carbocycles. The van der Waals surface area contributed by atoms with E-state index in [9.17, 15) is 9.59 Å². The Morgan fingerprint density at radius 1 is 1.14 bits per heavy atom. The van der Waals surface area contributed by atoms with Crippen molar-refractivity contribution in [2.24, 2.45) is 0 Å². The van der Waals surface area contributed by atoms with Gasteiger partial charge in [-0.05, 0) is 18.6 Å². The number of hydrogen-bond acceptors (Lipinski definition) is 4. The first-order valence-corrected chi connectivity index (χ1v) is 7.87. The summed E-state index contributed by atoms with van der Waals surface area (Å²) < 4.78 is 4.84. The van der Waals surface area contributed by atoms with Crippen molar-refractivity contribution < 1.29 is 14.3 Å². The van der Waals surface area contributed by atoms with Gasteiger partial charge in [-0.25, -0.2) is 4.79 Å².